The maximum Gasteiger partial charge on any atom is 0.279 e. The Bertz CT molecular complexity index is 1280. The molecular weight excluding hydrogens is 421 g/mol. The lowest BCUT2D eigenvalue weighted by molar-refractivity contribution is 0.0733. The molecule has 1 aliphatic rings. The number of fused-ring (bicyclic) bond motifs is 1. The van der Waals surface area contributed by atoms with Gasteiger partial charge in [-0.3, -0.25) is 9.48 Å². The van der Waals surface area contributed by atoms with Crippen LogP contribution in [0, 0.1) is 5.82 Å². The van der Waals surface area contributed by atoms with Gasteiger partial charge in [-0.2, -0.15) is 10.1 Å². The summed E-state index contributed by atoms with van der Waals surface area (Å²) in [5.41, 5.74) is 3.60. The van der Waals surface area contributed by atoms with Crippen LogP contribution in [0.2, 0.25) is 5.02 Å². The molecule has 7 nitrogen and oxygen atoms in total. The van der Waals surface area contributed by atoms with Crippen LogP contribution in [-0.2, 0) is 20.0 Å². The fraction of sp³-hybridized carbons (Fsp3) is 0.182. The van der Waals surface area contributed by atoms with Gasteiger partial charge in [0.15, 0.2) is 5.69 Å². The van der Waals surface area contributed by atoms with Gasteiger partial charge in [0.1, 0.15) is 5.82 Å². The number of benzene rings is 2. The maximum absolute atomic E-state index is 13.5. The molecule has 9 heteroatoms. The minimum absolute atomic E-state index is 0.0788. The summed E-state index contributed by atoms with van der Waals surface area (Å²) >= 11 is 5.85. The van der Waals surface area contributed by atoms with Gasteiger partial charge in [0, 0.05) is 42.4 Å². The molecule has 2 aromatic carbocycles. The number of carbonyl (C=O) groups is 1. The second kappa shape index (κ2) is 7.63. The van der Waals surface area contributed by atoms with Crippen molar-refractivity contribution in [2.45, 2.75) is 13.0 Å². The first-order chi connectivity index (χ1) is 15.0. The number of hydrogen-bond acceptors (Lipinski definition) is 5. The van der Waals surface area contributed by atoms with Gasteiger partial charge in [-0.25, -0.2) is 4.39 Å². The lowest BCUT2D eigenvalue weighted by atomic mass is 10.0. The number of hydrogen-bond donors (Lipinski definition) is 0. The maximum atomic E-state index is 13.5. The Morgan fingerprint density at radius 3 is 2.77 bits per heavy atom. The second-order valence-electron chi connectivity index (χ2n) is 7.29. The number of nitrogens with zero attached hydrogens (tertiary/aromatic N) is 5. The summed E-state index contributed by atoms with van der Waals surface area (Å²) in [5, 5.41) is 8.57. The van der Waals surface area contributed by atoms with Crippen LogP contribution in [0.1, 0.15) is 21.6 Å². The molecule has 0 fully saturated rings. The van der Waals surface area contributed by atoms with Crippen LogP contribution in [0.25, 0.3) is 23.0 Å². The van der Waals surface area contributed by atoms with Crippen LogP contribution < -0.4 is 0 Å². The lowest BCUT2D eigenvalue weighted by Gasteiger charge is -2.27. The molecule has 0 aliphatic carbocycles. The Kier molecular flexibility index (Phi) is 4.78. The first-order valence-corrected chi connectivity index (χ1v) is 10.1. The molecule has 1 amide bonds. The van der Waals surface area contributed by atoms with Crippen LogP contribution in [-0.4, -0.2) is 37.3 Å². The number of aromatic nitrogens is 4. The Morgan fingerprint density at radius 2 is 2.00 bits per heavy atom. The van der Waals surface area contributed by atoms with Gasteiger partial charge in [0.05, 0.1) is 11.6 Å². The topological polar surface area (TPSA) is 77.1 Å². The van der Waals surface area contributed by atoms with E-state index in [1.54, 1.807) is 9.58 Å². The van der Waals surface area contributed by atoms with Crippen molar-refractivity contribution in [3.8, 4) is 23.0 Å². The summed E-state index contributed by atoms with van der Waals surface area (Å²) in [5.74, 6) is -0.00769. The van der Waals surface area contributed by atoms with Gasteiger partial charge < -0.3 is 9.42 Å². The molecular formula is C22H17ClFN5O2. The third kappa shape index (κ3) is 3.48. The minimum Gasteiger partial charge on any atom is -0.334 e. The summed E-state index contributed by atoms with van der Waals surface area (Å²) in [6, 6.07) is 13.5. The SMILES string of the molecule is Cn1nc(-c2nc(-c3ccccc3)no2)c2c1CCN(C(=O)c1ccc(F)c(Cl)c1)C2. The summed E-state index contributed by atoms with van der Waals surface area (Å²) in [7, 11) is 1.86. The monoisotopic (exact) mass is 437 g/mol. The van der Waals surface area contributed by atoms with Gasteiger partial charge in [-0.1, -0.05) is 47.1 Å². The van der Waals surface area contributed by atoms with Crippen molar-refractivity contribution in [1.29, 1.82) is 0 Å². The molecule has 31 heavy (non-hydrogen) atoms. The second-order valence-corrected chi connectivity index (χ2v) is 7.70. The van der Waals surface area contributed by atoms with Gasteiger partial charge >= 0.3 is 0 Å². The fourth-order valence-electron chi connectivity index (χ4n) is 3.77. The molecule has 0 radical (unpaired) electrons. The number of rotatable bonds is 3. The van der Waals surface area contributed by atoms with E-state index in [4.69, 9.17) is 16.1 Å². The third-order valence-electron chi connectivity index (χ3n) is 5.36. The van der Waals surface area contributed by atoms with Crippen molar-refractivity contribution >= 4 is 17.5 Å². The van der Waals surface area contributed by atoms with Crippen molar-refractivity contribution in [2.24, 2.45) is 7.05 Å². The zero-order chi connectivity index (χ0) is 21.5. The largest absolute Gasteiger partial charge is 0.334 e. The van der Waals surface area contributed by atoms with Crippen molar-refractivity contribution in [3.05, 3.63) is 76.2 Å². The smallest absolute Gasteiger partial charge is 0.279 e. The van der Waals surface area contributed by atoms with Crippen molar-refractivity contribution in [3.63, 3.8) is 0 Å². The Balaban J connectivity index is 1.46. The lowest BCUT2D eigenvalue weighted by Crippen LogP contribution is -2.36. The summed E-state index contributed by atoms with van der Waals surface area (Å²) < 4.78 is 20.8. The highest BCUT2D eigenvalue weighted by Gasteiger charge is 2.30. The Labute approximate surface area is 182 Å². The zero-order valence-electron chi connectivity index (χ0n) is 16.5. The molecule has 0 unspecified atom stereocenters. The van der Waals surface area contributed by atoms with E-state index < -0.39 is 5.82 Å². The Hall–Kier alpha value is -3.52. The molecule has 0 atom stereocenters. The van der Waals surface area contributed by atoms with Gasteiger partial charge in [0.25, 0.3) is 11.8 Å². The van der Waals surface area contributed by atoms with E-state index in [0.29, 0.717) is 42.5 Å². The first-order valence-electron chi connectivity index (χ1n) is 9.70. The molecule has 0 bridgehead atoms. The normalized spacial score (nSPS) is 13.3. The summed E-state index contributed by atoms with van der Waals surface area (Å²) in [6.07, 6.45) is 0.624. The highest BCUT2D eigenvalue weighted by Crippen LogP contribution is 2.31. The number of amides is 1. The van der Waals surface area contributed by atoms with Crippen LogP contribution in [0.4, 0.5) is 4.39 Å². The highest BCUT2D eigenvalue weighted by atomic mass is 35.5. The van der Waals surface area contributed by atoms with Crippen LogP contribution in [0.3, 0.4) is 0 Å². The van der Waals surface area contributed by atoms with Crippen molar-refractivity contribution < 1.29 is 13.7 Å². The summed E-state index contributed by atoms with van der Waals surface area (Å²) in [6.45, 7) is 0.842. The van der Waals surface area contributed by atoms with Gasteiger partial charge in [-0.15, -0.1) is 0 Å². The molecule has 5 rings (SSSR count). The van der Waals surface area contributed by atoms with Gasteiger partial charge in [-0.05, 0) is 18.2 Å². The molecule has 3 heterocycles. The van der Waals surface area contributed by atoms with E-state index in [2.05, 4.69) is 15.2 Å². The average Bonchev–Trinajstić information content (AvgIpc) is 3.40. The van der Waals surface area contributed by atoms with E-state index in [0.717, 1.165) is 16.8 Å². The van der Waals surface area contributed by atoms with E-state index in [1.807, 2.05) is 37.4 Å². The molecule has 4 aromatic rings. The highest BCUT2D eigenvalue weighted by molar-refractivity contribution is 6.31. The molecule has 0 N–H and O–H groups in total. The third-order valence-corrected chi connectivity index (χ3v) is 5.65. The average molecular weight is 438 g/mol. The van der Waals surface area contributed by atoms with Crippen LogP contribution in [0.15, 0.2) is 53.1 Å². The Morgan fingerprint density at radius 1 is 1.19 bits per heavy atom. The predicted molar refractivity (Wildman–Crippen MR) is 112 cm³/mol. The van der Waals surface area contributed by atoms with E-state index in [9.17, 15) is 9.18 Å². The molecule has 2 aromatic heterocycles. The summed E-state index contributed by atoms with van der Waals surface area (Å²) in [4.78, 5) is 19.2. The van der Waals surface area contributed by atoms with Crippen LogP contribution >= 0.6 is 11.6 Å². The fourth-order valence-corrected chi connectivity index (χ4v) is 3.95. The quantitative estimate of drug-likeness (QED) is 0.481. The predicted octanol–water partition coefficient (Wildman–Crippen LogP) is 4.13. The molecule has 156 valence electrons. The number of halogens is 2. The minimum atomic E-state index is -0.556. The number of carbonyl (C=O) groups excluding carboxylic acids is 1. The van der Waals surface area contributed by atoms with Gasteiger partial charge in [0.2, 0.25) is 5.82 Å². The molecule has 0 saturated heterocycles. The van der Waals surface area contributed by atoms with E-state index in [1.165, 1.54) is 18.2 Å². The molecule has 0 saturated carbocycles. The standard InChI is InChI=1S/C22H17ClFN5O2/c1-28-18-9-10-29(22(30)14-7-8-17(24)16(23)11-14)12-15(18)19(26-28)21-25-20(27-31-21)13-5-3-2-4-6-13/h2-8,11H,9-10,12H2,1H3. The van der Waals surface area contributed by atoms with E-state index in [-0.39, 0.29) is 10.9 Å². The molecule has 0 spiro atoms. The zero-order valence-corrected chi connectivity index (χ0v) is 17.3. The van der Waals surface area contributed by atoms with E-state index >= 15 is 0 Å². The first kappa shape index (κ1) is 19.4. The van der Waals surface area contributed by atoms with Crippen molar-refractivity contribution in [2.75, 3.05) is 6.54 Å². The number of aryl methyl sites for hydroxylation is 1. The van der Waals surface area contributed by atoms with Crippen molar-refractivity contribution in [1.82, 2.24) is 24.8 Å². The van der Waals surface area contributed by atoms with Crippen LogP contribution in [0.5, 0.6) is 0 Å². The molecule has 1 aliphatic heterocycles.